The summed E-state index contributed by atoms with van der Waals surface area (Å²) in [7, 11) is 2.78. The van der Waals surface area contributed by atoms with Crippen molar-refractivity contribution in [3.8, 4) is 5.75 Å². The first kappa shape index (κ1) is 14.5. The predicted molar refractivity (Wildman–Crippen MR) is 68.8 cm³/mol. The summed E-state index contributed by atoms with van der Waals surface area (Å²) in [6.07, 6.45) is -1.32. The van der Waals surface area contributed by atoms with Crippen LogP contribution in [0.25, 0.3) is 0 Å². The molecule has 1 unspecified atom stereocenters. The summed E-state index contributed by atoms with van der Waals surface area (Å²) in [5, 5.41) is 10.1. The Morgan fingerprint density at radius 2 is 1.89 bits per heavy atom. The second kappa shape index (κ2) is 5.87. The van der Waals surface area contributed by atoms with Crippen LogP contribution in [0.5, 0.6) is 5.75 Å². The third-order valence-corrected chi connectivity index (χ3v) is 2.95. The minimum absolute atomic E-state index is 0.175. The Labute approximate surface area is 108 Å². The Balaban J connectivity index is 3.44. The van der Waals surface area contributed by atoms with E-state index in [0.717, 1.165) is 11.1 Å². The van der Waals surface area contributed by atoms with Gasteiger partial charge in [0.1, 0.15) is 5.75 Å². The Morgan fingerprint density at radius 1 is 1.28 bits per heavy atom. The minimum Gasteiger partial charge on any atom is -0.496 e. The van der Waals surface area contributed by atoms with Crippen molar-refractivity contribution in [2.24, 2.45) is 0 Å². The molecule has 0 aliphatic rings. The molecule has 4 nitrogen and oxygen atoms in total. The number of aliphatic hydroxyl groups excluding tert-OH is 1. The van der Waals surface area contributed by atoms with Gasteiger partial charge in [-0.25, -0.2) is 4.79 Å². The minimum atomic E-state index is -1.32. The van der Waals surface area contributed by atoms with Gasteiger partial charge in [0.2, 0.25) is 0 Å². The Hall–Kier alpha value is -1.55. The number of ether oxygens (including phenoxy) is 2. The van der Waals surface area contributed by atoms with Crippen molar-refractivity contribution < 1.29 is 19.4 Å². The molecule has 4 heteroatoms. The summed E-state index contributed by atoms with van der Waals surface area (Å²) >= 11 is 0. The lowest BCUT2D eigenvalue weighted by Gasteiger charge is -2.21. The highest BCUT2D eigenvalue weighted by molar-refractivity contribution is 5.78. The molecule has 1 rings (SSSR count). The molecular formula is C14H20O4. The van der Waals surface area contributed by atoms with Gasteiger partial charge >= 0.3 is 5.97 Å². The molecule has 18 heavy (non-hydrogen) atoms. The summed E-state index contributed by atoms with van der Waals surface area (Å²) < 4.78 is 9.91. The summed E-state index contributed by atoms with van der Waals surface area (Å²) in [5.41, 5.74) is 2.26. The first-order chi connectivity index (χ1) is 8.43. The van der Waals surface area contributed by atoms with Gasteiger partial charge in [0, 0.05) is 5.56 Å². The van der Waals surface area contributed by atoms with Crippen LogP contribution in [0.4, 0.5) is 0 Å². The second-order valence-corrected chi connectivity index (χ2v) is 4.50. The number of methoxy groups -OCH3 is 2. The zero-order chi connectivity index (χ0) is 13.9. The first-order valence-electron chi connectivity index (χ1n) is 5.87. The summed E-state index contributed by atoms with van der Waals surface area (Å²) in [4.78, 5) is 11.5. The van der Waals surface area contributed by atoms with E-state index < -0.39 is 12.1 Å². The highest BCUT2D eigenvalue weighted by Gasteiger charge is 2.27. The number of benzene rings is 1. The van der Waals surface area contributed by atoms with Crippen molar-refractivity contribution >= 4 is 5.97 Å². The lowest BCUT2D eigenvalue weighted by atomic mass is 9.91. The standard InChI is InChI=1S/C14H20O4/c1-8(2)10-7-6-9(3)13(17-4)11(10)12(15)14(16)18-5/h6-8,12,15H,1-5H3. The zero-order valence-electron chi connectivity index (χ0n) is 11.5. The molecule has 0 amide bonds. The molecule has 1 aromatic rings. The normalized spacial score (nSPS) is 12.4. The SMILES string of the molecule is COC(=O)C(O)c1c(C(C)C)ccc(C)c1OC. The molecular weight excluding hydrogens is 232 g/mol. The molecule has 0 heterocycles. The number of hydrogen-bond donors (Lipinski definition) is 1. The fourth-order valence-corrected chi connectivity index (χ4v) is 2.01. The second-order valence-electron chi connectivity index (χ2n) is 4.50. The van der Waals surface area contributed by atoms with E-state index >= 15 is 0 Å². The predicted octanol–water partition coefficient (Wildman–Crippen LogP) is 2.33. The smallest absolute Gasteiger partial charge is 0.339 e. The number of aryl methyl sites for hydroxylation is 1. The van der Waals surface area contributed by atoms with Crippen molar-refractivity contribution in [3.63, 3.8) is 0 Å². The summed E-state index contributed by atoms with van der Waals surface area (Å²) in [6.45, 7) is 5.87. The molecule has 0 aliphatic carbocycles. The monoisotopic (exact) mass is 252 g/mol. The lowest BCUT2D eigenvalue weighted by Crippen LogP contribution is -2.17. The van der Waals surface area contributed by atoms with Crippen LogP contribution in [0.1, 0.15) is 42.6 Å². The lowest BCUT2D eigenvalue weighted by molar-refractivity contribution is -0.150. The third-order valence-electron chi connectivity index (χ3n) is 2.95. The molecule has 0 aliphatic heterocycles. The van der Waals surface area contributed by atoms with Gasteiger partial charge in [-0.1, -0.05) is 26.0 Å². The fourth-order valence-electron chi connectivity index (χ4n) is 2.01. The van der Waals surface area contributed by atoms with Gasteiger partial charge in [0.25, 0.3) is 0 Å². The van der Waals surface area contributed by atoms with E-state index in [2.05, 4.69) is 4.74 Å². The van der Waals surface area contributed by atoms with E-state index in [-0.39, 0.29) is 5.92 Å². The van der Waals surface area contributed by atoms with Crippen molar-refractivity contribution in [2.75, 3.05) is 14.2 Å². The van der Waals surface area contributed by atoms with E-state index in [0.29, 0.717) is 11.3 Å². The van der Waals surface area contributed by atoms with Crippen LogP contribution >= 0.6 is 0 Å². The maximum absolute atomic E-state index is 11.5. The van der Waals surface area contributed by atoms with E-state index in [1.165, 1.54) is 14.2 Å². The molecule has 0 radical (unpaired) electrons. The molecule has 0 spiro atoms. The largest absolute Gasteiger partial charge is 0.496 e. The third kappa shape index (κ3) is 2.64. The molecule has 1 atom stereocenters. The van der Waals surface area contributed by atoms with Crippen molar-refractivity contribution in [2.45, 2.75) is 32.8 Å². The van der Waals surface area contributed by atoms with Gasteiger partial charge in [0.15, 0.2) is 6.10 Å². The van der Waals surface area contributed by atoms with Crippen LogP contribution in [0.3, 0.4) is 0 Å². The molecule has 1 aromatic carbocycles. The summed E-state index contributed by atoms with van der Waals surface area (Å²) in [5.74, 6) is 0.0358. The van der Waals surface area contributed by atoms with Crippen LogP contribution < -0.4 is 4.74 Å². The molecule has 1 N–H and O–H groups in total. The van der Waals surface area contributed by atoms with E-state index in [1.807, 2.05) is 32.9 Å². The molecule has 100 valence electrons. The number of hydrogen-bond acceptors (Lipinski definition) is 4. The average Bonchev–Trinajstić information content (AvgIpc) is 2.35. The molecule has 0 aromatic heterocycles. The van der Waals surface area contributed by atoms with Crippen molar-refractivity contribution in [3.05, 3.63) is 28.8 Å². The van der Waals surface area contributed by atoms with Crippen LogP contribution in [0.2, 0.25) is 0 Å². The first-order valence-corrected chi connectivity index (χ1v) is 5.87. The highest BCUT2D eigenvalue weighted by atomic mass is 16.5. The Kier molecular flexibility index (Phi) is 4.73. The van der Waals surface area contributed by atoms with E-state index in [1.54, 1.807) is 0 Å². The van der Waals surface area contributed by atoms with Crippen LogP contribution in [-0.2, 0) is 9.53 Å². The van der Waals surface area contributed by atoms with Crippen LogP contribution in [0, 0.1) is 6.92 Å². The zero-order valence-corrected chi connectivity index (χ0v) is 11.5. The average molecular weight is 252 g/mol. The topological polar surface area (TPSA) is 55.8 Å². The van der Waals surface area contributed by atoms with Crippen LogP contribution in [0.15, 0.2) is 12.1 Å². The van der Waals surface area contributed by atoms with Gasteiger partial charge in [-0.05, 0) is 24.0 Å². The quantitative estimate of drug-likeness (QED) is 0.836. The van der Waals surface area contributed by atoms with E-state index in [4.69, 9.17) is 4.74 Å². The number of carbonyl (C=O) groups excluding carboxylic acids is 1. The summed E-state index contributed by atoms with van der Waals surface area (Å²) in [6, 6.07) is 3.83. The van der Waals surface area contributed by atoms with Crippen LogP contribution in [-0.4, -0.2) is 25.3 Å². The molecule has 0 saturated carbocycles. The number of carbonyl (C=O) groups is 1. The molecule has 0 saturated heterocycles. The van der Waals surface area contributed by atoms with Gasteiger partial charge in [-0.15, -0.1) is 0 Å². The van der Waals surface area contributed by atoms with Gasteiger partial charge in [0.05, 0.1) is 14.2 Å². The van der Waals surface area contributed by atoms with Crippen molar-refractivity contribution in [1.29, 1.82) is 0 Å². The number of aliphatic hydroxyl groups is 1. The fraction of sp³-hybridized carbons (Fsp3) is 0.500. The van der Waals surface area contributed by atoms with E-state index in [9.17, 15) is 9.90 Å². The van der Waals surface area contributed by atoms with Crippen molar-refractivity contribution in [1.82, 2.24) is 0 Å². The van der Waals surface area contributed by atoms with Gasteiger partial charge in [-0.3, -0.25) is 0 Å². The maximum atomic E-state index is 11.5. The maximum Gasteiger partial charge on any atom is 0.339 e. The van der Waals surface area contributed by atoms with Gasteiger partial charge < -0.3 is 14.6 Å². The Morgan fingerprint density at radius 3 is 2.33 bits per heavy atom. The number of esters is 1. The highest BCUT2D eigenvalue weighted by Crippen LogP contribution is 2.36. The Bertz CT molecular complexity index is 438. The molecule has 0 fully saturated rings. The van der Waals surface area contributed by atoms with Gasteiger partial charge in [-0.2, -0.15) is 0 Å². The number of rotatable bonds is 4. The molecule has 0 bridgehead atoms.